The molecule has 8 nitrogen and oxygen atoms in total. The molecule has 1 fully saturated rings. The van der Waals surface area contributed by atoms with Gasteiger partial charge < -0.3 is 20.0 Å². The van der Waals surface area contributed by atoms with Crippen LogP contribution in [0.4, 0.5) is 5.95 Å². The number of imidazole rings is 1. The number of fused-ring (bicyclic) bond motifs is 1. The van der Waals surface area contributed by atoms with Crippen LogP contribution in [0.2, 0.25) is 5.15 Å². The SMILES string of the molecule is CC1(C)OC[C@H](COn2cnc3c(Cl)nc(N)nc32)O1. The van der Waals surface area contributed by atoms with Gasteiger partial charge >= 0.3 is 0 Å². The summed E-state index contributed by atoms with van der Waals surface area (Å²) in [7, 11) is 0. The fraction of sp³-hybridized carbons (Fsp3) is 0.545. The highest BCUT2D eigenvalue weighted by molar-refractivity contribution is 6.33. The Morgan fingerprint density at radius 1 is 1.55 bits per heavy atom. The maximum absolute atomic E-state index is 5.93. The molecule has 108 valence electrons. The number of aromatic nitrogens is 4. The quantitative estimate of drug-likeness (QED) is 0.831. The lowest BCUT2D eigenvalue weighted by atomic mass is 10.4. The molecule has 0 radical (unpaired) electrons. The predicted molar refractivity (Wildman–Crippen MR) is 71.1 cm³/mol. The van der Waals surface area contributed by atoms with E-state index in [-0.39, 0.29) is 17.2 Å². The summed E-state index contributed by atoms with van der Waals surface area (Å²) in [5, 5.41) is 0.191. The van der Waals surface area contributed by atoms with Crippen molar-refractivity contribution in [2.45, 2.75) is 25.7 Å². The molecule has 0 bridgehead atoms. The maximum atomic E-state index is 5.93. The third kappa shape index (κ3) is 2.49. The van der Waals surface area contributed by atoms with Crippen LogP contribution >= 0.6 is 11.6 Å². The van der Waals surface area contributed by atoms with Crippen molar-refractivity contribution in [3.8, 4) is 0 Å². The zero-order valence-electron chi connectivity index (χ0n) is 11.0. The van der Waals surface area contributed by atoms with Crippen molar-refractivity contribution in [1.29, 1.82) is 0 Å². The van der Waals surface area contributed by atoms with Crippen molar-refractivity contribution >= 4 is 28.7 Å². The van der Waals surface area contributed by atoms with Gasteiger partial charge in [-0.2, -0.15) is 14.7 Å². The molecular weight excluding hydrogens is 286 g/mol. The third-order valence-electron chi connectivity index (χ3n) is 2.81. The highest BCUT2D eigenvalue weighted by Gasteiger charge is 2.33. The van der Waals surface area contributed by atoms with Crippen molar-refractivity contribution in [1.82, 2.24) is 19.7 Å². The van der Waals surface area contributed by atoms with Crippen LogP contribution in [0.1, 0.15) is 13.8 Å². The van der Waals surface area contributed by atoms with Gasteiger partial charge in [-0.3, -0.25) is 0 Å². The summed E-state index contributed by atoms with van der Waals surface area (Å²) in [6.07, 6.45) is 1.31. The minimum atomic E-state index is -0.582. The third-order valence-corrected chi connectivity index (χ3v) is 3.07. The van der Waals surface area contributed by atoms with Gasteiger partial charge in [0.1, 0.15) is 24.6 Å². The molecule has 0 spiro atoms. The molecule has 2 N–H and O–H groups in total. The first-order valence-electron chi connectivity index (χ1n) is 6.06. The number of nitrogens with zero attached hydrogens (tertiary/aromatic N) is 4. The molecule has 9 heteroatoms. The molecule has 3 heterocycles. The lowest BCUT2D eigenvalue weighted by molar-refractivity contribution is -0.145. The average Bonchev–Trinajstić information content (AvgIpc) is 2.90. The van der Waals surface area contributed by atoms with E-state index >= 15 is 0 Å². The van der Waals surface area contributed by atoms with Crippen LogP contribution in [0.15, 0.2) is 6.33 Å². The highest BCUT2D eigenvalue weighted by Crippen LogP contribution is 2.22. The van der Waals surface area contributed by atoms with E-state index in [0.29, 0.717) is 24.4 Å². The molecule has 0 unspecified atom stereocenters. The van der Waals surface area contributed by atoms with Crippen LogP contribution in [0.25, 0.3) is 11.2 Å². The molecule has 1 saturated heterocycles. The first kappa shape index (κ1) is 13.3. The summed E-state index contributed by atoms with van der Waals surface area (Å²) in [5.41, 5.74) is 6.41. The van der Waals surface area contributed by atoms with Gasteiger partial charge in [0, 0.05) is 0 Å². The van der Waals surface area contributed by atoms with Crippen molar-refractivity contribution < 1.29 is 14.3 Å². The van der Waals surface area contributed by atoms with Crippen LogP contribution < -0.4 is 10.6 Å². The fourth-order valence-electron chi connectivity index (χ4n) is 1.96. The zero-order chi connectivity index (χ0) is 14.3. The molecule has 0 aliphatic carbocycles. The van der Waals surface area contributed by atoms with Gasteiger partial charge in [-0.1, -0.05) is 11.6 Å². The van der Waals surface area contributed by atoms with E-state index in [2.05, 4.69) is 15.0 Å². The Morgan fingerprint density at radius 3 is 3.05 bits per heavy atom. The molecule has 1 atom stereocenters. The van der Waals surface area contributed by atoms with E-state index in [9.17, 15) is 0 Å². The fourth-order valence-corrected chi connectivity index (χ4v) is 2.18. The Balaban J connectivity index is 1.75. The van der Waals surface area contributed by atoms with E-state index in [1.807, 2.05) is 13.8 Å². The van der Waals surface area contributed by atoms with Crippen LogP contribution in [0.3, 0.4) is 0 Å². The van der Waals surface area contributed by atoms with Gasteiger partial charge in [0.15, 0.2) is 10.9 Å². The second kappa shape index (κ2) is 4.72. The molecule has 0 aromatic carbocycles. The number of nitrogens with two attached hydrogens (primary N) is 1. The summed E-state index contributed by atoms with van der Waals surface area (Å²) in [6, 6.07) is 0. The number of hydrogen-bond acceptors (Lipinski definition) is 7. The molecule has 0 saturated carbocycles. The maximum Gasteiger partial charge on any atom is 0.223 e. The molecule has 1 aliphatic rings. The van der Waals surface area contributed by atoms with E-state index in [0.717, 1.165) is 0 Å². The Kier molecular flexibility index (Phi) is 3.15. The number of ether oxygens (including phenoxy) is 2. The summed E-state index contributed by atoms with van der Waals surface area (Å²) >= 11 is 5.93. The number of rotatable bonds is 3. The van der Waals surface area contributed by atoms with Crippen LogP contribution in [0, 0.1) is 0 Å². The first-order chi connectivity index (χ1) is 9.44. The predicted octanol–water partition coefficient (Wildman–Crippen LogP) is 0.642. The molecule has 2 aromatic heterocycles. The summed E-state index contributed by atoms with van der Waals surface area (Å²) < 4.78 is 12.5. The Hall–Kier alpha value is -1.64. The minimum absolute atomic E-state index is 0.0643. The summed E-state index contributed by atoms with van der Waals surface area (Å²) in [6.45, 7) is 4.48. The Labute approximate surface area is 119 Å². The zero-order valence-corrected chi connectivity index (χ0v) is 11.8. The molecule has 0 amide bonds. The van der Waals surface area contributed by atoms with Crippen molar-refractivity contribution in [2.75, 3.05) is 18.9 Å². The molecule has 20 heavy (non-hydrogen) atoms. The van der Waals surface area contributed by atoms with Crippen molar-refractivity contribution in [3.63, 3.8) is 0 Å². The first-order valence-corrected chi connectivity index (χ1v) is 6.43. The van der Waals surface area contributed by atoms with E-state index in [1.54, 1.807) is 0 Å². The van der Waals surface area contributed by atoms with Gasteiger partial charge in [0.05, 0.1) is 6.61 Å². The second-order valence-corrected chi connectivity index (χ2v) is 5.22. The number of halogens is 1. The number of hydrogen-bond donors (Lipinski definition) is 1. The average molecular weight is 300 g/mol. The van der Waals surface area contributed by atoms with Gasteiger partial charge in [-0.05, 0) is 13.8 Å². The van der Waals surface area contributed by atoms with Gasteiger partial charge in [-0.15, -0.1) is 0 Å². The molecule has 2 aromatic rings. The smallest absolute Gasteiger partial charge is 0.223 e. The number of anilines is 1. The molecule has 1 aliphatic heterocycles. The Morgan fingerprint density at radius 2 is 2.35 bits per heavy atom. The van der Waals surface area contributed by atoms with E-state index in [4.69, 9.17) is 31.6 Å². The number of nitrogen functional groups attached to an aromatic ring is 1. The lowest BCUT2D eigenvalue weighted by Gasteiger charge is -2.17. The van der Waals surface area contributed by atoms with Crippen LogP contribution in [-0.4, -0.2) is 44.8 Å². The molecular formula is C11H14ClN5O3. The van der Waals surface area contributed by atoms with Gasteiger partial charge in [-0.25, -0.2) is 4.98 Å². The van der Waals surface area contributed by atoms with E-state index < -0.39 is 5.79 Å². The summed E-state index contributed by atoms with van der Waals surface area (Å²) in [5.74, 6) is -0.518. The normalized spacial score (nSPS) is 21.4. The molecule has 3 rings (SSSR count). The largest absolute Gasteiger partial charge is 0.408 e. The second-order valence-electron chi connectivity index (χ2n) is 4.86. The topological polar surface area (TPSA) is 97.3 Å². The van der Waals surface area contributed by atoms with Gasteiger partial charge in [0.25, 0.3) is 0 Å². The standard InChI is InChI=1S/C11H14ClN5O3/c1-11(2)18-3-6(20-11)4-19-17-5-14-7-8(12)15-10(13)16-9(7)17/h5-6H,3-4H2,1-2H3,(H2,13,15,16)/t6-/m1/s1. The van der Waals surface area contributed by atoms with Crippen molar-refractivity contribution in [2.24, 2.45) is 0 Å². The summed E-state index contributed by atoms with van der Waals surface area (Å²) in [4.78, 5) is 17.6. The van der Waals surface area contributed by atoms with Crippen LogP contribution in [0.5, 0.6) is 0 Å². The van der Waals surface area contributed by atoms with Gasteiger partial charge in [0.2, 0.25) is 11.6 Å². The van der Waals surface area contributed by atoms with Crippen LogP contribution in [-0.2, 0) is 9.47 Å². The minimum Gasteiger partial charge on any atom is -0.408 e. The highest BCUT2D eigenvalue weighted by atomic mass is 35.5. The monoisotopic (exact) mass is 299 g/mol. The van der Waals surface area contributed by atoms with E-state index in [1.165, 1.54) is 11.1 Å². The Bertz CT molecular complexity index is 644. The van der Waals surface area contributed by atoms with Crippen molar-refractivity contribution in [3.05, 3.63) is 11.5 Å². The lowest BCUT2D eigenvalue weighted by Crippen LogP contribution is -2.28.